The van der Waals surface area contributed by atoms with Gasteiger partial charge in [0.2, 0.25) is 0 Å². The standard InChI is InChI=1S/C29H29BrO3/c1-21-11-13-22(14-12-21)28(31)27-25-9-5-6-10-26(25)33-29(27)23-15-17-24(18-16-23)32-20-8-4-2-3-7-19-30/h5-6,9-18H,2-4,7-8,19-20H2,1H3. The monoisotopic (exact) mass is 504 g/mol. The van der Waals surface area contributed by atoms with Crippen LogP contribution < -0.4 is 4.74 Å². The Kier molecular flexibility index (Phi) is 8.01. The van der Waals surface area contributed by atoms with Crippen molar-refractivity contribution in [3.8, 4) is 17.1 Å². The SMILES string of the molecule is Cc1ccc(C(=O)c2c(-c3ccc(OCCCCCCCBr)cc3)oc3ccccc23)cc1. The number of furan rings is 1. The van der Waals surface area contributed by atoms with Gasteiger partial charge in [0.25, 0.3) is 0 Å². The van der Waals surface area contributed by atoms with E-state index < -0.39 is 0 Å². The molecule has 0 atom stereocenters. The van der Waals surface area contributed by atoms with Crippen molar-refractivity contribution in [3.05, 3.63) is 89.5 Å². The van der Waals surface area contributed by atoms with E-state index in [4.69, 9.17) is 9.15 Å². The molecule has 0 radical (unpaired) electrons. The van der Waals surface area contributed by atoms with E-state index in [1.165, 1.54) is 25.7 Å². The maximum atomic E-state index is 13.5. The molecule has 4 heteroatoms. The lowest BCUT2D eigenvalue weighted by Gasteiger charge is -2.08. The summed E-state index contributed by atoms with van der Waals surface area (Å²) in [6.45, 7) is 2.73. The maximum Gasteiger partial charge on any atom is 0.197 e. The van der Waals surface area contributed by atoms with Crippen LogP contribution in [0.4, 0.5) is 0 Å². The average molecular weight is 505 g/mol. The molecule has 0 saturated carbocycles. The highest BCUT2D eigenvalue weighted by Gasteiger charge is 2.23. The minimum atomic E-state index is -0.0322. The summed E-state index contributed by atoms with van der Waals surface area (Å²) in [7, 11) is 0. The molecule has 0 aliphatic carbocycles. The Morgan fingerprint density at radius 3 is 2.30 bits per heavy atom. The number of benzene rings is 3. The number of halogens is 1. The van der Waals surface area contributed by atoms with Crippen LogP contribution in [0.15, 0.2) is 77.2 Å². The van der Waals surface area contributed by atoms with Gasteiger partial charge >= 0.3 is 0 Å². The first-order valence-electron chi connectivity index (χ1n) is 11.6. The highest BCUT2D eigenvalue weighted by atomic mass is 79.9. The lowest BCUT2D eigenvalue weighted by Crippen LogP contribution is -2.02. The topological polar surface area (TPSA) is 39.4 Å². The van der Waals surface area contributed by atoms with E-state index in [0.29, 0.717) is 22.5 Å². The Morgan fingerprint density at radius 1 is 0.848 bits per heavy atom. The number of unbranched alkanes of at least 4 members (excludes halogenated alkanes) is 4. The first-order valence-corrected chi connectivity index (χ1v) is 12.7. The molecule has 0 aliphatic heterocycles. The Bertz CT molecular complexity index is 1190. The van der Waals surface area contributed by atoms with Gasteiger partial charge in [-0.15, -0.1) is 0 Å². The fourth-order valence-electron chi connectivity index (χ4n) is 3.94. The average Bonchev–Trinajstić information content (AvgIpc) is 3.23. The van der Waals surface area contributed by atoms with Crippen molar-refractivity contribution in [2.75, 3.05) is 11.9 Å². The lowest BCUT2D eigenvalue weighted by atomic mass is 9.97. The molecule has 0 amide bonds. The van der Waals surface area contributed by atoms with Crippen molar-refractivity contribution >= 4 is 32.7 Å². The summed E-state index contributed by atoms with van der Waals surface area (Å²) >= 11 is 3.47. The van der Waals surface area contributed by atoms with Gasteiger partial charge in [0, 0.05) is 21.8 Å². The third kappa shape index (κ3) is 5.75. The fourth-order valence-corrected chi connectivity index (χ4v) is 4.34. The fraction of sp³-hybridized carbons (Fsp3) is 0.276. The highest BCUT2D eigenvalue weighted by Crippen LogP contribution is 2.36. The zero-order valence-corrected chi connectivity index (χ0v) is 20.6. The summed E-state index contributed by atoms with van der Waals surface area (Å²) in [6, 6.07) is 23.2. The summed E-state index contributed by atoms with van der Waals surface area (Å²) < 4.78 is 12.1. The van der Waals surface area contributed by atoms with E-state index in [9.17, 15) is 4.79 Å². The van der Waals surface area contributed by atoms with E-state index in [2.05, 4.69) is 15.9 Å². The van der Waals surface area contributed by atoms with Gasteiger partial charge in [-0.1, -0.05) is 83.2 Å². The molecule has 1 aromatic heterocycles. The third-order valence-electron chi connectivity index (χ3n) is 5.80. The Balaban J connectivity index is 1.53. The Labute approximate surface area is 203 Å². The summed E-state index contributed by atoms with van der Waals surface area (Å²) in [5.41, 5.74) is 3.96. The van der Waals surface area contributed by atoms with Crippen LogP contribution in [-0.4, -0.2) is 17.7 Å². The second-order valence-electron chi connectivity index (χ2n) is 8.33. The second-order valence-corrected chi connectivity index (χ2v) is 9.12. The molecule has 3 nitrogen and oxygen atoms in total. The van der Waals surface area contributed by atoms with E-state index in [-0.39, 0.29) is 5.78 Å². The number of carbonyl (C=O) groups excluding carboxylic acids is 1. The molecule has 0 N–H and O–H groups in total. The van der Waals surface area contributed by atoms with Crippen LogP contribution in [-0.2, 0) is 0 Å². The predicted octanol–water partition coefficient (Wildman–Crippen LogP) is 8.36. The number of fused-ring (bicyclic) bond motifs is 1. The molecule has 0 saturated heterocycles. The Hall–Kier alpha value is -2.85. The van der Waals surface area contributed by atoms with E-state index in [1.807, 2.05) is 79.7 Å². The molecule has 0 fully saturated rings. The molecule has 0 aliphatic rings. The van der Waals surface area contributed by atoms with Crippen molar-refractivity contribution in [3.63, 3.8) is 0 Å². The van der Waals surface area contributed by atoms with Crippen LogP contribution in [0.25, 0.3) is 22.3 Å². The van der Waals surface area contributed by atoms with Crippen molar-refractivity contribution < 1.29 is 13.9 Å². The van der Waals surface area contributed by atoms with Crippen LogP contribution in [0.3, 0.4) is 0 Å². The van der Waals surface area contributed by atoms with Gasteiger partial charge in [-0.25, -0.2) is 0 Å². The number of aryl methyl sites for hydroxylation is 1. The molecular weight excluding hydrogens is 476 g/mol. The molecule has 0 bridgehead atoms. The van der Waals surface area contributed by atoms with Gasteiger partial charge in [-0.05, 0) is 50.1 Å². The van der Waals surface area contributed by atoms with Gasteiger partial charge in [-0.2, -0.15) is 0 Å². The molecule has 3 aromatic carbocycles. The van der Waals surface area contributed by atoms with Gasteiger partial charge in [0.15, 0.2) is 5.78 Å². The summed E-state index contributed by atoms with van der Waals surface area (Å²) in [5.74, 6) is 1.40. The number of hydrogen-bond donors (Lipinski definition) is 0. The van der Waals surface area contributed by atoms with Crippen LogP contribution in [0, 0.1) is 6.92 Å². The summed E-state index contributed by atoms with van der Waals surface area (Å²) in [6.07, 6.45) is 5.99. The molecule has 1 heterocycles. The lowest BCUT2D eigenvalue weighted by molar-refractivity contribution is 0.104. The maximum absolute atomic E-state index is 13.5. The van der Waals surface area contributed by atoms with Crippen molar-refractivity contribution in [1.82, 2.24) is 0 Å². The van der Waals surface area contributed by atoms with Crippen molar-refractivity contribution in [2.45, 2.75) is 39.0 Å². The smallest absolute Gasteiger partial charge is 0.197 e. The predicted molar refractivity (Wildman–Crippen MR) is 139 cm³/mol. The zero-order chi connectivity index (χ0) is 23.0. The number of alkyl halides is 1. The largest absolute Gasteiger partial charge is 0.494 e. The number of ketones is 1. The number of rotatable bonds is 11. The second kappa shape index (κ2) is 11.3. The number of ether oxygens (including phenoxy) is 1. The van der Waals surface area contributed by atoms with E-state index in [1.54, 1.807) is 0 Å². The Morgan fingerprint density at radius 2 is 1.55 bits per heavy atom. The first-order chi connectivity index (χ1) is 16.2. The third-order valence-corrected chi connectivity index (χ3v) is 6.36. The van der Waals surface area contributed by atoms with Crippen molar-refractivity contribution in [2.24, 2.45) is 0 Å². The van der Waals surface area contributed by atoms with Gasteiger partial charge in [0.05, 0.1) is 12.2 Å². The zero-order valence-electron chi connectivity index (χ0n) is 19.0. The minimum Gasteiger partial charge on any atom is -0.494 e. The molecule has 170 valence electrons. The number of para-hydroxylation sites is 1. The van der Waals surface area contributed by atoms with E-state index >= 15 is 0 Å². The first kappa shape index (κ1) is 23.3. The molecule has 4 rings (SSSR count). The normalized spacial score (nSPS) is 11.1. The minimum absolute atomic E-state index is 0.0322. The van der Waals surface area contributed by atoms with Crippen LogP contribution in [0.1, 0.15) is 53.6 Å². The van der Waals surface area contributed by atoms with Gasteiger partial charge in [0.1, 0.15) is 17.1 Å². The molecule has 0 spiro atoms. The molecule has 33 heavy (non-hydrogen) atoms. The van der Waals surface area contributed by atoms with Gasteiger partial charge < -0.3 is 9.15 Å². The molecule has 4 aromatic rings. The highest BCUT2D eigenvalue weighted by molar-refractivity contribution is 9.09. The number of hydrogen-bond acceptors (Lipinski definition) is 3. The summed E-state index contributed by atoms with van der Waals surface area (Å²) in [5, 5.41) is 1.91. The van der Waals surface area contributed by atoms with Crippen LogP contribution >= 0.6 is 15.9 Å². The molecular formula is C29H29BrO3. The quantitative estimate of drug-likeness (QED) is 0.117. The van der Waals surface area contributed by atoms with Crippen LogP contribution in [0.5, 0.6) is 5.75 Å². The molecule has 0 unspecified atom stereocenters. The van der Waals surface area contributed by atoms with Crippen molar-refractivity contribution in [1.29, 1.82) is 0 Å². The van der Waals surface area contributed by atoms with E-state index in [0.717, 1.165) is 40.6 Å². The summed E-state index contributed by atoms with van der Waals surface area (Å²) in [4.78, 5) is 13.5. The number of carbonyl (C=O) groups is 1. The van der Waals surface area contributed by atoms with Gasteiger partial charge in [-0.3, -0.25) is 4.79 Å². The van der Waals surface area contributed by atoms with Crippen LogP contribution in [0.2, 0.25) is 0 Å².